The van der Waals surface area contributed by atoms with Crippen molar-refractivity contribution in [3.05, 3.63) is 0 Å². The van der Waals surface area contributed by atoms with E-state index in [1.165, 1.54) is 0 Å². The minimum atomic E-state index is -0.640. The van der Waals surface area contributed by atoms with Crippen molar-refractivity contribution in [1.29, 1.82) is 0 Å². The van der Waals surface area contributed by atoms with E-state index in [0.717, 1.165) is 38.8 Å². The average molecular weight is 283 g/mol. The molecule has 0 unspecified atom stereocenters. The third-order valence-electron chi connectivity index (χ3n) is 4.81. The van der Waals surface area contributed by atoms with Gasteiger partial charge in [-0.05, 0) is 60.3 Å². The second-order valence-corrected chi connectivity index (χ2v) is 8.12. The zero-order valence-corrected chi connectivity index (χ0v) is 13.5. The average Bonchev–Trinajstić information content (AvgIpc) is 2.25. The fourth-order valence-corrected chi connectivity index (χ4v) is 3.92. The van der Waals surface area contributed by atoms with Crippen molar-refractivity contribution in [2.45, 2.75) is 77.5 Å². The summed E-state index contributed by atoms with van der Waals surface area (Å²) in [5.41, 5.74) is -0.779. The number of aliphatic carboxylic acids is 1. The Kier molecular flexibility index (Phi) is 3.93. The highest BCUT2D eigenvalue weighted by Gasteiger charge is 2.44. The zero-order chi connectivity index (χ0) is 15.2. The summed E-state index contributed by atoms with van der Waals surface area (Å²) < 4.78 is 6.13. The number of morpholine rings is 1. The molecule has 1 saturated heterocycles. The van der Waals surface area contributed by atoms with Crippen molar-refractivity contribution in [3.63, 3.8) is 0 Å². The van der Waals surface area contributed by atoms with E-state index in [1.807, 2.05) is 6.92 Å². The second kappa shape index (κ2) is 4.99. The molecule has 1 aliphatic heterocycles. The Morgan fingerprint density at radius 3 is 1.90 bits per heavy atom. The number of hydrogen-bond donors (Lipinski definition) is 1. The van der Waals surface area contributed by atoms with Crippen LogP contribution in [0.5, 0.6) is 0 Å². The number of ether oxygens (including phenoxy) is 1. The highest BCUT2D eigenvalue weighted by Crippen LogP contribution is 2.40. The van der Waals surface area contributed by atoms with Crippen LogP contribution < -0.4 is 0 Å². The van der Waals surface area contributed by atoms with Crippen LogP contribution in [0.2, 0.25) is 0 Å². The van der Waals surface area contributed by atoms with E-state index in [9.17, 15) is 9.90 Å². The summed E-state index contributed by atoms with van der Waals surface area (Å²) in [6.45, 7) is 12.3. The topological polar surface area (TPSA) is 49.8 Å². The molecule has 1 aliphatic carbocycles. The monoisotopic (exact) mass is 283 g/mol. The van der Waals surface area contributed by atoms with Crippen LogP contribution >= 0.6 is 0 Å². The van der Waals surface area contributed by atoms with Gasteiger partial charge in [-0.2, -0.15) is 0 Å². The number of nitrogens with zero attached hydrogens (tertiary/aromatic N) is 1. The van der Waals surface area contributed by atoms with Crippen LogP contribution in [0.4, 0.5) is 0 Å². The SMILES string of the molecule is CC1(C)CN(C2CCC(C)(C(=O)O)CC2)CC(C)(C)O1. The van der Waals surface area contributed by atoms with Crippen molar-refractivity contribution in [3.8, 4) is 0 Å². The number of carboxylic acids is 1. The maximum Gasteiger partial charge on any atom is 0.309 e. The summed E-state index contributed by atoms with van der Waals surface area (Å²) in [7, 11) is 0. The first kappa shape index (κ1) is 15.8. The molecule has 0 aromatic carbocycles. The van der Waals surface area contributed by atoms with Crippen molar-refractivity contribution >= 4 is 5.97 Å². The quantitative estimate of drug-likeness (QED) is 0.846. The standard InChI is InChI=1S/C16H29NO3/c1-14(2)10-17(11-15(3,4)20-14)12-6-8-16(5,9-7-12)13(18)19/h12H,6-11H2,1-5H3,(H,18,19). The molecule has 2 fully saturated rings. The van der Waals surface area contributed by atoms with Gasteiger partial charge in [-0.3, -0.25) is 9.69 Å². The fourth-order valence-electron chi connectivity index (χ4n) is 3.92. The van der Waals surface area contributed by atoms with E-state index in [1.54, 1.807) is 0 Å². The predicted molar refractivity (Wildman–Crippen MR) is 78.8 cm³/mol. The summed E-state index contributed by atoms with van der Waals surface area (Å²) in [5.74, 6) is -0.640. The van der Waals surface area contributed by atoms with Gasteiger partial charge in [-0.15, -0.1) is 0 Å². The molecule has 1 heterocycles. The molecule has 0 atom stereocenters. The summed E-state index contributed by atoms with van der Waals surface area (Å²) in [5, 5.41) is 9.33. The van der Waals surface area contributed by atoms with Gasteiger partial charge < -0.3 is 9.84 Å². The first-order valence-corrected chi connectivity index (χ1v) is 7.71. The minimum Gasteiger partial charge on any atom is -0.481 e. The van der Waals surface area contributed by atoms with Gasteiger partial charge in [0.15, 0.2) is 0 Å². The zero-order valence-electron chi connectivity index (χ0n) is 13.5. The molecule has 1 N–H and O–H groups in total. The third kappa shape index (κ3) is 3.34. The molecule has 2 aliphatic rings. The van der Waals surface area contributed by atoms with Crippen LogP contribution in [-0.2, 0) is 9.53 Å². The van der Waals surface area contributed by atoms with Gasteiger partial charge in [0.05, 0.1) is 16.6 Å². The van der Waals surface area contributed by atoms with Crippen LogP contribution in [0, 0.1) is 5.41 Å². The summed E-state index contributed by atoms with van der Waals surface area (Å²) in [6.07, 6.45) is 3.53. The second-order valence-electron chi connectivity index (χ2n) is 8.12. The van der Waals surface area contributed by atoms with E-state index in [4.69, 9.17) is 4.74 Å². The first-order valence-electron chi connectivity index (χ1n) is 7.71. The number of carbonyl (C=O) groups is 1. The predicted octanol–water partition coefficient (Wildman–Crippen LogP) is 2.91. The lowest BCUT2D eigenvalue weighted by Gasteiger charge is -2.51. The van der Waals surface area contributed by atoms with E-state index < -0.39 is 11.4 Å². The molecule has 0 spiro atoms. The number of hydrogen-bond acceptors (Lipinski definition) is 3. The first-order chi connectivity index (χ1) is 9.03. The van der Waals surface area contributed by atoms with Crippen LogP contribution in [0.25, 0.3) is 0 Å². The summed E-state index contributed by atoms with van der Waals surface area (Å²) >= 11 is 0. The van der Waals surface area contributed by atoms with Crippen molar-refractivity contribution in [2.24, 2.45) is 5.41 Å². The Morgan fingerprint density at radius 1 is 1.05 bits per heavy atom. The molecule has 1 saturated carbocycles. The van der Waals surface area contributed by atoms with Gasteiger partial charge in [0.1, 0.15) is 0 Å². The van der Waals surface area contributed by atoms with Gasteiger partial charge in [-0.25, -0.2) is 0 Å². The molecule has 2 rings (SSSR count). The Hall–Kier alpha value is -0.610. The third-order valence-corrected chi connectivity index (χ3v) is 4.81. The van der Waals surface area contributed by atoms with Crippen LogP contribution in [0.1, 0.15) is 60.3 Å². The molecular weight excluding hydrogens is 254 g/mol. The van der Waals surface area contributed by atoms with Gasteiger partial charge in [-0.1, -0.05) is 0 Å². The molecule has 0 aromatic heterocycles. The molecule has 4 nitrogen and oxygen atoms in total. The van der Waals surface area contributed by atoms with Crippen LogP contribution in [-0.4, -0.2) is 46.3 Å². The summed E-state index contributed by atoms with van der Waals surface area (Å²) in [6, 6.07) is 0.505. The molecule has 0 radical (unpaired) electrons. The molecule has 0 bridgehead atoms. The van der Waals surface area contributed by atoms with Crippen molar-refractivity contribution in [1.82, 2.24) is 4.90 Å². The fraction of sp³-hybridized carbons (Fsp3) is 0.938. The van der Waals surface area contributed by atoms with E-state index in [0.29, 0.717) is 6.04 Å². The molecule has 4 heteroatoms. The lowest BCUT2D eigenvalue weighted by molar-refractivity contribution is -0.191. The lowest BCUT2D eigenvalue weighted by atomic mass is 9.73. The minimum absolute atomic E-state index is 0.130. The van der Waals surface area contributed by atoms with Crippen molar-refractivity contribution < 1.29 is 14.6 Å². The molecular formula is C16H29NO3. The molecule has 0 amide bonds. The maximum atomic E-state index is 11.3. The smallest absolute Gasteiger partial charge is 0.309 e. The lowest BCUT2D eigenvalue weighted by Crippen LogP contribution is -2.60. The Bertz CT molecular complexity index is 365. The number of carboxylic acid groups (broad SMARTS) is 1. The van der Waals surface area contributed by atoms with Gasteiger partial charge >= 0.3 is 5.97 Å². The van der Waals surface area contributed by atoms with Crippen LogP contribution in [0.15, 0.2) is 0 Å². The van der Waals surface area contributed by atoms with Gasteiger partial charge in [0.25, 0.3) is 0 Å². The van der Waals surface area contributed by atoms with Crippen molar-refractivity contribution in [2.75, 3.05) is 13.1 Å². The highest BCUT2D eigenvalue weighted by molar-refractivity contribution is 5.74. The molecule has 116 valence electrons. The van der Waals surface area contributed by atoms with Crippen LogP contribution in [0.3, 0.4) is 0 Å². The normalized spacial score (nSPS) is 37.5. The van der Waals surface area contributed by atoms with E-state index in [2.05, 4.69) is 32.6 Å². The Morgan fingerprint density at radius 2 is 1.50 bits per heavy atom. The Balaban J connectivity index is 2.02. The number of rotatable bonds is 2. The van der Waals surface area contributed by atoms with Gasteiger partial charge in [0.2, 0.25) is 0 Å². The van der Waals surface area contributed by atoms with E-state index in [-0.39, 0.29) is 11.2 Å². The maximum absolute atomic E-state index is 11.3. The Labute approximate surface area is 122 Å². The largest absolute Gasteiger partial charge is 0.481 e. The highest BCUT2D eigenvalue weighted by atomic mass is 16.5. The van der Waals surface area contributed by atoms with Gasteiger partial charge in [0, 0.05) is 19.1 Å². The molecule has 20 heavy (non-hydrogen) atoms. The molecule has 0 aromatic rings. The summed E-state index contributed by atoms with van der Waals surface area (Å²) in [4.78, 5) is 13.9. The van der Waals surface area contributed by atoms with E-state index >= 15 is 0 Å².